The van der Waals surface area contributed by atoms with E-state index in [1.807, 2.05) is 11.8 Å². The molecule has 0 N–H and O–H groups in total. The maximum Gasteiger partial charge on any atom is 0.0867 e. The van der Waals surface area contributed by atoms with E-state index in [1.54, 1.807) is 0 Å². The zero-order valence-electron chi connectivity index (χ0n) is 11.0. The van der Waals surface area contributed by atoms with Crippen molar-refractivity contribution in [2.45, 2.75) is 50.7 Å². The lowest BCUT2D eigenvalue weighted by Crippen LogP contribution is -2.08. The van der Waals surface area contributed by atoms with Gasteiger partial charge in [0.2, 0.25) is 0 Å². The van der Waals surface area contributed by atoms with Crippen LogP contribution in [0.4, 0.5) is 0 Å². The number of benzene rings is 1. The third kappa shape index (κ3) is 3.75. The predicted molar refractivity (Wildman–Crippen MR) is 74.7 cm³/mol. The molecule has 0 aromatic heterocycles. The summed E-state index contributed by atoms with van der Waals surface area (Å²) in [5.74, 6) is 1.85. The summed E-state index contributed by atoms with van der Waals surface area (Å²) in [6.45, 7) is 6.67. The third-order valence-electron chi connectivity index (χ3n) is 3.27. The van der Waals surface area contributed by atoms with E-state index < -0.39 is 0 Å². The second kappa shape index (κ2) is 5.92. The van der Waals surface area contributed by atoms with E-state index in [9.17, 15) is 0 Å². The van der Waals surface area contributed by atoms with Gasteiger partial charge in [0.25, 0.3) is 0 Å². The van der Waals surface area contributed by atoms with Gasteiger partial charge in [0.1, 0.15) is 0 Å². The number of rotatable bonds is 6. The van der Waals surface area contributed by atoms with Crippen LogP contribution in [-0.4, -0.2) is 18.0 Å². The summed E-state index contributed by atoms with van der Waals surface area (Å²) in [7, 11) is 0. The van der Waals surface area contributed by atoms with Crippen LogP contribution in [-0.2, 0) is 11.2 Å². The average molecular weight is 250 g/mol. The molecule has 0 spiro atoms. The van der Waals surface area contributed by atoms with Gasteiger partial charge in [-0.25, -0.2) is 0 Å². The van der Waals surface area contributed by atoms with Crippen molar-refractivity contribution in [2.75, 3.05) is 5.75 Å². The molecule has 3 atom stereocenters. The van der Waals surface area contributed by atoms with E-state index in [4.69, 9.17) is 4.74 Å². The maximum atomic E-state index is 5.52. The highest BCUT2D eigenvalue weighted by Crippen LogP contribution is 2.31. The van der Waals surface area contributed by atoms with Gasteiger partial charge in [0.15, 0.2) is 0 Å². The molecule has 1 fully saturated rings. The Morgan fingerprint density at radius 3 is 2.47 bits per heavy atom. The van der Waals surface area contributed by atoms with E-state index in [1.165, 1.54) is 22.6 Å². The van der Waals surface area contributed by atoms with E-state index in [-0.39, 0.29) is 0 Å². The molecule has 1 saturated heterocycles. The normalized spacial score (nSPS) is 24.6. The van der Waals surface area contributed by atoms with Crippen LogP contribution in [0, 0.1) is 5.92 Å². The fourth-order valence-electron chi connectivity index (χ4n) is 2.23. The summed E-state index contributed by atoms with van der Waals surface area (Å²) in [4.78, 5) is 1.39. The number of ether oxygens (including phenoxy) is 1. The van der Waals surface area contributed by atoms with Crippen molar-refractivity contribution >= 4 is 11.8 Å². The zero-order valence-corrected chi connectivity index (χ0v) is 11.8. The first-order chi connectivity index (χ1) is 8.20. The standard InChI is InChI=1S/C15H22OS/c1-4-9-17-14-7-5-13(6-8-14)10-11(2)15-12(3)16-15/h5-8,11-12,15H,4,9-10H2,1-3H3. The molecule has 1 aromatic rings. The zero-order chi connectivity index (χ0) is 12.3. The van der Waals surface area contributed by atoms with E-state index in [0.717, 1.165) is 6.42 Å². The fourth-order valence-corrected chi connectivity index (χ4v) is 3.00. The molecule has 0 aliphatic carbocycles. The van der Waals surface area contributed by atoms with Gasteiger partial charge in [0, 0.05) is 4.90 Å². The summed E-state index contributed by atoms with van der Waals surface area (Å²) in [6, 6.07) is 9.03. The molecule has 2 rings (SSSR count). The molecule has 1 nitrogen and oxygen atoms in total. The van der Waals surface area contributed by atoms with Gasteiger partial charge in [0.05, 0.1) is 12.2 Å². The van der Waals surface area contributed by atoms with Crippen molar-refractivity contribution < 1.29 is 4.74 Å². The molecule has 2 heteroatoms. The Morgan fingerprint density at radius 2 is 1.94 bits per heavy atom. The minimum Gasteiger partial charge on any atom is -0.370 e. The summed E-state index contributed by atoms with van der Waals surface area (Å²) in [6.07, 6.45) is 3.34. The van der Waals surface area contributed by atoms with Gasteiger partial charge >= 0.3 is 0 Å². The van der Waals surface area contributed by atoms with Crippen LogP contribution >= 0.6 is 11.8 Å². The van der Waals surface area contributed by atoms with Gasteiger partial charge in [-0.15, -0.1) is 11.8 Å². The van der Waals surface area contributed by atoms with Crippen LogP contribution in [0.5, 0.6) is 0 Å². The van der Waals surface area contributed by atoms with E-state index in [2.05, 4.69) is 45.0 Å². The Labute approximate surface area is 109 Å². The Kier molecular flexibility index (Phi) is 4.52. The highest BCUT2D eigenvalue weighted by Gasteiger charge is 2.38. The minimum atomic E-state index is 0.476. The fraction of sp³-hybridized carbons (Fsp3) is 0.600. The van der Waals surface area contributed by atoms with Crippen molar-refractivity contribution in [1.82, 2.24) is 0 Å². The molecule has 0 amide bonds. The van der Waals surface area contributed by atoms with Gasteiger partial charge in [-0.3, -0.25) is 0 Å². The largest absolute Gasteiger partial charge is 0.370 e. The first-order valence-corrected chi connectivity index (χ1v) is 7.56. The molecule has 0 bridgehead atoms. The lowest BCUT2D eigenvalue weighted by atomic mass is 9.97. The Hall–Kier alpha value is -0.470. The summed E-state index contributed by atoms with van der Waals surface area (Å²) < 4.78 is 5.52. The van der Waals surface area contributed by atoms with E-state index in [0.29, 0.717) is 18.1 Å². The molecular weight excluding hydrogens is 228 g/mol. The molecule has 3 unspecified atom stereocenters. The first-order valence-electron chi connectivity index (χ1n) is 6.58. The van der Waals surface area contributed by atoms with Gasteiger partial charge in [-0.2, -0.15) is 0 Å². The predicted octanol–water partition coefficient (Wildman–Crippen LogP) is 4.15. The van der Waals surface area contributed by atoms with Crippen molar-refractivity contribution in [2.24, 2.45) is 5.92 Å². The maximum absolute atomic E-state index is 5.52. The molecule has 1 aliphatic heterocycles. The Bertz CT molecular complexity index is 346. The van der Waals surface area contributed by atoms with Crippen LogP contribution in [0.2, 0.25) is 0 Å². The van der Waals surface area contributed by atoms with Crippen LogP contribution in [0.1, 0.15) is 32.8 Å². The van der Waals surface area contributed by atoms with Crippen LogP contribution < -0.4 is 0 Å². The molecule has 94 valence electrons. The molecule has 1 aromatic carbocycles. The van der Waals surface area contributed by atoms with Crippen molar-refractivity contribution in [1.29, 1.82) is 0 Å². The molecule has 0 radical (unpaired) electrons. The van der Waals surface area contributed by atoms with Crippen LogP contribution in [0.3, 0.4) is 0 Å². The average Bonchev–Trinajstić information content (AvgIpc) is 3.06. The lowest BCUT2D eigenvalue weighted by Gasteiger charge is -2.09. The first kappa shape index (κ1) is 13.0. The molecule has 17 heavy (non-hydrogen) atoms. The number of hydrogen-bond acceptors (Lipinski definition) is 2. The number of epoxide rings is 1. The molecule has 1 heterocycles. The smallest absolute Gasteiger partial charge is 0.0867 e. The Morgan fingerprint density at radius 1 is 1.29 bits per heavy atom. The minimum absolute atomic E-state index is 0.476. The quantitative estimate of drug-likeness (QED) is 0.555. The van der Waals surface area contributed by atoms with Crippen LogP contribution in [0.15, 0.2) is 29.2 Å². The summed E-state index contributed by atoms with van der Waals surface area (Å²) in [5.41, 5.74) is 1.43. The summed E-state index contributed by atoms with van der Waals surface area (Å²) in [5, 5.41) is 0. The highest BCUT2D eigenvalue weighted by atomic mass is 32.2. The summed E-state index contributed by atoms with van der Waals surface area (Å²) >= 11 is 1.94. The number of thioether (sulfide) groups is 1. The van der Waals surface area contributed by atoms with Crippen molar-refractivity contribution in [3.63, 3.8) is 0 Å². The van der Waals surface area contributed by atoms with E-state index >= 15 is 0 Å². The highest BCUT2D eigenvalue weighted by molar-refractivity contribution is 7.99. The molecule has 1 aliphatic rings. The SMILES string of the molecule is CCCSc1ccc(CC(C)C2OC2C)cc1. The number of hydrogen-bond donors (Lipinski definition) is 0. The van der Waals surface area contributed by atoms with Crippen LogP contribution in [0.25, 0.3) is 0 Å². The monoisotopic (exact) mass is 250 g/mol. The van der Waals surface area contributed by atoms with Crippen molar-refractivity contribution in [3.8, 4) is 0 Å². The third-order valence-corrected chi connectivity index (χ3v) is 4.49. The van der Waals surface area contributed by atoms with Crippen molar-refractivity contribution in [3.05, 3.63) is 29.8 Å². The van der Waals surface area contributed by atoms with Gasteiger partial charge < -0.3 is 4.74 Å². The Balaban J connectivity index is 1.85. The lowest BCUT2D eigenvalue weighted by molar-refractivity contribution is 0.328. The van der Waals surface area contributed by atoms with Gasteiger partial charge in [-0.05, 0) is 49.1 Å². The van der Waals surface area contributed by atoms with Gasteiger partial charge in [-0.1, -0.05) is 26.0 Å². The second-order valence-corrected chi connectivity index (χ2v) is 6.15. The molecular formula is C15H22OS. The molecule has 0 saturated carbocycles. The topological polar surface area (TPSA) is 12.5 Å². The second-order valence-electron chi connectivity index (χ2n) is 4.98.